The third kappa shape index (κ3) is 5.33. The van der Waals surface area contributed by atoms with Crippen LogP contribution in [-0.2, 0) is 16.0 Å². The number of hydrogen-bond donors (Lipinski definition) is 2. The van der Waals surface area contributed by atoms with E-state index in [1.807, 2.05) is 0 Å². The molecule has 2 heterocycles. The summed E-state index contributed by atoms with van der Waals surface area (Å²) in [6.45, 7) is -0.538. The summed E-state index contributed by atoms with van der Waals surface area (Å²) in [6.07, 6.45) is -3.20. The Morgan fingerprint density at radius 3 is 2.52 bits per heavy atom. The number of hydrogen-bond acceptors (Lipinski definition) is 6. The lowest BCUT2D eigenvalue weighted by atomic mass is 10.2. The zero-order valence-corrected chi connectivity index (χ0v) is 16.9. The van der Waals surface area contributed by atoms with Crippen molar-refractivity contribution in [2.24, 2.45) is 0 Å². The number of benzene rings is 1. The molecule has 1 atom stereocenters. The minimum absolute atomic E-state index is 0.122. The normalized spacial score (nSPS) is 13.2. The van der Waals surface area contributed by atoms with Crippen LogP contribution < -0.4 is 10.1 Å². The quantitative estimate of drug-likeness (QED) is 0.561. The molecule has 3 aromatic rings. The van der Waals surface area contributed by atoms with Gasteiger partial charge in [0.25, 0.3) is 5.91 Å². The highest BCUT2D eigenvalue weighted by molar-refractivity contribution is 7.90. The van der Waals surface area contributed by atoms with Gasteiger partial charge in [0, 0.05) is 19.0 Å². The third-order valence-electron chi connectivity index (χ3n) is 4.19. The number of nitrogens with one attached hydrogen (secondary N) is 1. The Morgan fingerprint density at radius 1 is 1.23 bits per heavy atom. The summed E-state index contributed by atoms with van der Waals surface area (Å²) in [4.78, 5) is 16.4. The van der Waals surface area contributed by atoms with Gasteiger partial charge in [0.15, 0.2) is 5.69 Å². The molecule has 0 bridgehead atoms. The molecule has 166 valence electrons. The maximum absolute atomic E-state index is 12.6. The number of rotatable bonds is 7. The van der Waals surface area contributed by atoms with Crippen LogP contribution in [0.5, 0.6) is 5.75 Å². The van der Waals surface area contributed by atoms with Crippen LogP contribution >= 0.6 is 0 Å². The Balaban J connectivity index is 1.61. The second-order valence-corrected chi connectivity index (χ2v) is 8.58. The smallest absolute Gasteiger partial charge is 0.416 e. The minimum Gasteiger partial charge on any atom is -0.491 e. The number of amides is 1. The molecule has 2 N–H and O–H groups in total. The first kappa shape index (κ1) is 22.6. The van der Waals surface area contributed by atoms with Crippen molar-refractivity contribution >= 4 is 21.3 Å². The third-order valence-corrected chi connectivity index (χ3v) is 5.14. The Labute approximate surface area is 175 Å². The standard InChI is InChI=1S/C19H18F3N3O5S/c1-31(28,29)18-24-16(15-4-2-3-9-25(15)18)17(27)23-10-13(26)11-30-14-7-5-12(6-8-14)19(20,21)22/h2-9,13,26H,10-11H2,1H3,(H,23,27). The molecule has 2 aromatic heterocycles. The van der Waals surface area contributed by atoms with Crippen LogP contribution in [0.15, 0.2) is 53.8 Å². The lowest BCUT2D eigenvalue weighted by Gasteiger charge is -2.13. The van der Waals surface area contributed by atoms with E-state index in [0.717, 1.165) is 30.5 Å². The first-order valence-electron chi connectivity index (χ1n) is 8.90. The highest BCUT2D eigenvalue weighted by Crippen LogP contribution is 2.30. The van der Waals surface area contributed by atoms with Crippen molar-refractivity contribution in [2.45, 2.75) is 17.4 Å². The van der Waals surface area contributed by atoms with Crippen molar-refractivity contribution in [1.82, 2.24) is 14.7 Å². The molecule has 1 unspecified atom stereocenters. The number of imidazole rings is 1. The van der Waals surface area contributed by atoms with Crippen LogP contribution in [0.3, 0.4) is 0 Å². The maximum atomic E-state index is 12.6. The van der Waals surface area contributed by atoms with E-state index in [1.54, 1.807) is 12.1 Å². The number of nitrogens with zero attached hydrogens (tertiary/aromatic N) is 2. The van der Waals surface area contributed by atoms with E-state index in [4.69, 9.17) is 4.74 Å². The van der Waals surface area contributed by atoms with Gasteiger partial charge in [-0.05, 0) is 36.4 Å². The second-order valence-electron chi connectivity index (χ2n) is 6.67. The summed E-state index contributed by atoms with van der Waals surface area (Å²) < 4.78 is 68.0. The van der Waals surface area contributed by atoms with Crippen molar-refractivity contribution < 1.29 is 36.2 Å². The van der Waals surface area contributed by atoms with Crippen LogP contribution in [0.2, 0.25) is 0 Å². The van der Waals surface area contributed by atoms with Crippen LogP contribution in [0.25, 0.3) is 5.52 Å². The molecule has 0 saturated carbocycles. The number of aromatic nitrogens is 2. The SMILES string of the molecule is CS(=O)(=O)c1nc(C(=O)NCC(O)COc2ccc(C(F)(F)F)cc2)c2ccccn12. The van der Waals surface area contributed by atoms with Crippen LogP contribution in [0, 0.1) is 0 Å². The molecule has 0 aliphatic rings. The van der Waals surface area contributed by atoms with Gasteiger partial charge in [-0.1, -0.05) is 6.07 Å². The van der Waals surface area contributed by atoms with Crippen LogP contribution in [0.4, 0.5) is 13.2 Å². The average Bonchev–Trinajstić information content (AvgIpc) is 3.10. The van der Waals surface area contributed by atoms with E-state index in [1.165, 1.54) is 16.7 Å². The molecule has 31 heavy (non-hydrogen) atoms. The number of halogens is 3. The fourth-order valence-electron chi connectivity index (χ4n) is 2.72. The van der Waals surface area contributed by atoms with Gasteiger partial charge in [-0.25, -0.2) is 13.4 Å². The Bertz CT molecular complexity index is 1190. The Hall–Kier alpha value is -3.12. The molecule has 0 aliphatic heterocycles. The van der Waals surface area contributed by atoms with Crippen molar-refractivity contribution in [3.05, 3.63) is 59.9 Å². The topological polar surface area (TPSA) is 110 Å². The molecule has 0 radical (unpaired) electrons. The number of aliphatic hydroxyl groups excluding tert-OH is 1. The molecule has 0 saturated heterocycles. The maximum Gasteiger partial charge on any atom is 0.416 e. The lowest BCUT2D eigenvalue weighted by Crippen LogP contribution is -2.35. The molecule has 3 rings (SSSR count). The predicted octanol–water partition coefficient (Wildman–Crippen LogP) is 1.93. The highest BCUT2D eigenvalue weighted by Gasteiger charge is 2.30. The van der Waals surface area contributed by atoms with E-state index in [0.29, 0.717) is 0 Å². The molecule has 0 fully saturated rings. The molecular formula is C19H18F3N3O5S. The summed E-state index contributed by atoms with van der Waals surface area (Å²) in [6, 6.07) is 8.69. The monoisotopic (exact) mass is 457 g/mol. The van der Waals surface area contributed by atoms with Gasteiger partial charge in [-0.2, -0.15) is 13.2 Å². The summed E-state index contributed by atoms with van der Waals surface area (Å²) in [5.74, 6) is -0.580. The fraction of sp³-hybridized carbons (Fsp3) is 0.263. The number of carbonyl (C=O) groups excluding carboxylic acids is 1. The number of pyridine rings is 1. The highest BCUT2D eigenvalue weighted by atomic mass is 32.2. The van der Waals surface area contributed by atoms with E-state index >= 15 is 0 Å². The molecule has 0 spiro atoms. The van der Waals surface area contributed by atoms with Gasteiger partial charge < -0.3 is 15.2 Å². The van der Waals surface area contributed by atoms with Gasteiger partial charge in [0.1, 0.15) is 18.5 Å². The first-order chi connectivity index (χ1) is 14.5. The molecular weight excluding hydrogens is 439 g/mol. The number of aliphatic hydroxyl groups is 1. The van der Waals surface area contributed by atoms with Crippen LogP contribution in [-0.4, -0.2) is 54.3 Å². The summed E-state index contributed by atoms with van der Waals surface area (Å²) in [5, 5.41) is 12.1. The van der Waals surface area contributed by atoms with Crippen molar-refractivity contribution in [2.75, 3.05) is 19.4 Å². The summed E-state index contributed by atoms with van der Waals surface area (Å²) >= 11 is 0. The molecule has 1 aromatic carbocycles. The predicted molar refractivity (Wildman–Crippen MR) is 104 cm³/mol. The Morgan fingerprint density at radius 2 is 1.90 bits per heavy atom. The van der Waals surface area contributed by atoms with Gasteiger partial charge in [-0.15, -0.1) is 0 Å². The Kier molecular flexibility index (Phi) is 6.23. The van der Waals surface area contributed by atoms with E-state index < -0.39 is 33.6 Å². The summed E-state index contributed by atoms with van der Waals surface area (Å²) in [7, 11) is -3.69. The fourth-order valence-corrected chi connectivity index (χ4v) is 3.50. The largest absolute Gasteiger partial charge is 0.491 e. The zero-order valence-electron chi connectivity index (χ0n) is 16.1. The van der Waals surface area contributed by atoms with Crippen LogP contribution in [0.1, 0.15) is 16.1 Å². The number of ether oxygens (including phenoxy) is 1. The van der Waals surface area contributed by atoms with Crippen molar-refractivity contribution in [3.8, 4) is 5.75 Å². The van der Waals surface area contributed by atoms with Gasteiger partial charge in [0.2, 0.25) is 15.0 Å². The molecule has 1 amide bonds. The number of carbonyl (C=O) groups is 1. The van der Waals surface area contributed by atoms with Crippen molar-refractivity contribution in [1.29, 1.82) is 0 Å². The van der Waals surface area contributed by atoms with E-state index in [9.17, 15) is 31.5 Å². The average molecular weight is 457 g/mol. The summed E-state index contributed by atoms with van der Waals surface area (Å²) in [5.41, 5.74) is -0.679. The second kappa shape index (κ2) is 8.55. The van der Waals surface area contributed by atoms with Gasteiger partial charge in [0.05, 0.1) is 11.1 Å². The minimum atomic E-state index is -4.46. The lowest BCUT2D eigenvalue weighted by molar-refractivity contribution is -0.137. The molecule has 8 nitrogen and oxygen atoms in total. The number of alkyl halides is 3. The zero-order chi connectivity index (χ0) is 22.8. The molecule has 0 aliphatic carbocycles. The molecule has 12 heteroatoms. The van der Waals surface area contributed by atoms with Gasteiger partial charge in [-0.3, -0.25) is 9.20 Å². The van der Waals surface area contributed by atoms with Crippen molar-refractivity contribution in [3.63, 3.8) is 0 Å². The number of sulfone groups is 1. The number of fused-ring (bicyclic) bond motifs is 1. The first-order valence-corrected chi connectivity index (χ1v) is 10.8. The van der Waals surface area contributed by atoms with E-state index in [2.05, 4.69) is 10.3 Å². The van der Waals surface area contributed by atoms with E-state index in [-0.39, 0.29) is 35.3 Å². The van der Waals surface area contributed by atoms with Gasteiger partial charge >= 0.3 is 6.18 Å².